The van der Waals surface area contributed by atoms with Gasteiger partial charge in [-0.1, -0.05) is 37.8 Å². The highest BCUT2D eigenvalue weighted by atomic mass is 16.1. The summed E-state index contributed by atoms with van der Waals surface area (Å²) in [6.07, 6.45) is 6.93. The second kappa shape index (κ2) is 9.37. The molecule has 0 bridgehead atoms. The van der Waals surface area contributed by atoms with Crippen LogP contribution in [-0.4, -0.2) is 36.1 Å². The number of benzene rings is 1. The summed E-state index contributed by atoms with van der Waals surface area (Å²) in [7, 11) is 0. The van der Waals surface area contributed by atoms with Crippen molar-refractivity contribution in [1.82, 2.24) is 30.1 Å². The average Bonchev–Trinajstić information content (AvgIpc) is 3.25. The first-order valence-corrected chi connectivity index (χ1v) is 12.4. The minimum absolute atomic E-state index is 0.000490. The van der Waals surface area contributed by atoms with Gasteiger partial charge in [0.1, 0.15) is 0 Å². The van der Waals surface area contributed by atoms with Crippen molar-refractivity contribution in [2.45, 2.75) is 104 Å². The van der Waals surface area contributed by atoms with Crippen LogP contribution in [0.1, 0.15) is 94.8 Å². The molecule has 1 unspecified atom stereocenters. The zero-order valence-corrected chi connectivity index (χ0v) is 21.0. The Morgan fingerprint density at radius 3 is 2.55 bits per heavy atom. The van der Waals surface area contributed by atoms with Gasteiger partial charge in [0.2, 0.25) is 0 Å². The van der Waals surface area contributed by atoms with Crippen LogP contribution in [-0.2, 0) is 12.1 Å². The Kier molecular flexibility index (Phi) is 6.71. The normalized spacial score (nSPS) is 16.6. The highest BCUT2D eigenvalue weighted by Gasteiger charge is 2.34. The minimum Gasteiger partial charge on any atom is -0.321 e. The quantitative estimate of drug-likeness (QED) is 0.560. The Balaban J connectivity index is 1.78. The number of pyridine rings is 1. The Morgan fingerprint density at radius 1 is 1.15 bits per heavy atom. The Hall–Kier alpha value is -2.54. The smallest absolute Gasteiger partial charge is 0.252 e. The first kappa shape index (κ1) is 23.6. The van der Waals surface area contributed by atoms with E-state index in [1.54, 1.807) is 0 Å². The molecular weight excluding hydrogens is 412 g/mol. The van der Waals surface area contributed by atoms with E-state index >= 15 is 0 Å². The standard InChI is InChI=1S/C26H38N6O/c1-7-22(24-28-29-30-32(24)26(4,5)6)31(21-11-9-8-10-12-21)16-20-15-19-14-17(2)13-18(3)23(19)27-25(20)33/h13-15,21-22H,7-12,16H2,1-6H3,(H,27,33). The van der Waals surface area contributed by atoms with Crippen molar-refractivity contribution in [3.8, 4) is 0 Å². The number of aryl methyl sites for hydroxylation is 2. The molecule has 7 nitrogen and oxygen atoms in total. The van der Waals surface area contributed by atoms with Crippen LogP contribution in [0.15, 0.2) is 23.0 Å². The zero-order chi connectivity index (χ0) is 23.8. The number of hydrogen-bond donors (Lipinski definition) is 1. The third-order valence-electron chi connectivity index (χ3n) is 6.98. The molecule has 2 aromatic heterocycles. The van der Waals surface area contributed by atoms with Crippen LogP contribution in [0.25, 0.3) is 10.9 Å². The summed E-state index contributed by atoms with van der Waals surface area (Å²) in [6, 6.07) is 6.83. The minimum atomic E-state index is -0.208. The van der Waals surface area contributed by atoms with E-state index in [0.29, 0.717) is 12.6 Å². The SMILES string of the molecule is CCC(c1nnnn1C(C)(C)C)N(Cc1cc2cc(C)cc(C)c2[nH]c1=O)C1CCCCC1. The first-order valence-electron chi connectivity index (χ1n) is 12.4. The van der Waals surface area contributed by atoms with E-state index < -0.39 is 0 Å². The van der Waals surface area contributed by atoms with Gasteiger partial charge in [0.25, 0.3) is 5.56 Å². The van der Waals surface area contributed by atoms with Crippen LogP contribution in [0.4, 0.5) is 0 Å². The van der Waals surface area contributed by atoms with Crippen LogP contribution >= 0.6 is 0 Å². The van der Waals surface area contributed by atoms with Crippen molar-refractivity contribution in [2.24, 2.45) is 0 Å². The Morgan fingerprint density at radius 2 is 1.88 bits per heavy atom. The molecule has 0 radical (unpaired) electrons. The van der Waals surface area contributed by atoms with Crippen molar-refractivity contribution >= 4 is 10.9 Å². The maximum absolute atomic E-state index is 13.2. The predicted molar refractivity (Wildman–Crippen MR) is 132 cm³/mol. The van der Waals surface area contributed by atoms with Gasteiger partial charge in [0.05, 0.1) is 17.1 Å². The molecule has 3 aromatic rings. The van der Waals surface area contributed by atoms with Crippen LogP contribution in [0, 0.1) is 13.8 Å². The van der Waals surface area contributed by atoms with Gasteiger partial charge in [-0.25, -0.2) is 4.68 Å². The van der Waals surface area contributed by atoms with Crippen LogP contribution in [0.3, 0.4) is 0 Å². The summed E-state index contributed by atoms with van der Waals surface area (Å²) in [4.78, 5) is 18.9. The molecule has 0 aliphatic heterocycles. The maximum atomic E-state index is 13.2. The number of aromatic nitrogens is 5. The maximum Gasteiger partial charge on any atom is 0.252 e. The van der Waals surface area contributed by atoms with Crippen molar-refractivity contribution in [2.75, 3.05) is 0 Å². The summed E-state index contributed by atoms with van der Waals surface area (Å²) in [5.41, 5.74) is 3.85. The third kappa shape index (κ3) is 4.88. The van der Waals surface area contributed by atoms with Crippen LogP contribution < -0.4 is 5.56 Å². The van der Waals surface area contributed by atoms with Crippen molar-refractivity contribution in [1.29, 1.82) is 0 Å². The lowest BCUT2D eigenvalue weighted by Crippen LogP contribution is -2.42. The molecular formula is C26H38N6O. The van der Waals surface area contributed by atoms with Crippen molar-refractivity contribution in [3.63, 3.8) is 0 Å². The second-order valence-electron chi connectivity index (χ2n) is 10.7. The van der Waals surface area contributed by atoms with E-state index in [-0.39, 0.29) is 17.1 Å². The molecule has 1 aliphatic carbocycles. The molecule has 0 saturated heterocycles. The summed E-state index contributed by atoms with van der Waals surface area (Å²) in [5.74, 6) is 0.888. The number of hydrogen-bond acceptors (Lipinski definition) is 5. The number of nitrogens with zero attached hydrogens (tertiary/aromatic N) is 5. The number of fused-ring (bicyclic) bond motifs is 1. The summed E-state index contributed by atoms with van der Waals surface area (Å²) >= 11 is 0. The van der Waals surface area contributed by atoms with E-state index in [4.69, 9.17) is 0 Å². The van der Waals surface area contributed by atoms with Crippen molar-refractivity contribution < 1.29 is 0 Å². The van der Waals surface area contributed by atoms with Gasteiger partial charge in [0, 0.05) is 18.2 Å². The van der Waals surface area contributed by atoms with Gasteiger partial charge in [-0.15, -0.1) is 5.10 Å². The van der Waals surface area contributed by atoms with E-state index in [0.717, 1.165) is 47.1 Å². The van der Waals surface area contributed by atoms with Gasteiger partial charge >= 0.3 is 0 Å². The topological polar surface area (TPSA) is 79.7 Å². The fourth-order valence-electron chi connectivity index (χ4n) is 5.40. The number of rotatable bonds is 6. The molecule has 1 atom stereocenters. The fourth-order valence-corrected chi connectivity index (χ4v) is 5.40. The van der Waals surface area contributed by atoms with Gasteiger partial charge in [-0.05, 0) is 87.4 Å². The molecule has 0 spiro atoms. The number of tetrazole rings is 1. The van der Waals surface area contributed by atoms with E-state index in [1.807, 2.05) is 4.68 Å². The molecule has 1 aliphatic rings. The van der Waals surface area contributed by atoms with E-state index in [1.165, 1.54) is 24.8 Å². The first-order chi connectivity index (χ1) is 15.7. The Bertz CT molecular complexity index is 1170. The number of nitrogens with one attached hydrogen (secondary N) is 1. The van der Waals surface area contributed by atoms with Crippen LogP contribution in [0.2, 0.25) is 0 Å². The molecule has 1 fully saturated rings. The summed E-state index contributed by atoms with van der Waals surface area (Å²) in [5, 5.41) is 13.9. The fraction of sp³-hybridized carbons (Fsp3) is 0.615. The van der Waals surface area contributed by atoms with Gasteiger partial charge < -0.3 is 4.98 Å². The lowest BCUT2D eigenvalue weighted by Gasteiger charge is -2.39. The number of H-pyrrole nitrogens is 1. The molecule has 1 N–H and O–H groups in total. The lowest BCUT2D eigenvalue weighted by molar-refractivity contribution is 0.0810. The average molecular weight is 451 g/mol. The lowest BCUT2D eigenvalue weighted by atomic mass is 9.92. The monoisotopic (exact) mass is 450 g/mol. The van der Waals surface area contributed by atoms with Gasteiger partial charge in [-0.2, -0.15) is 0 Å². The van der Waals surface area contributed by atoms with E-state index in [2.05, 4.69) is 85.2 Å². The molecule has 178 valence electrons. The van der Waals surface area contributed by atoms with Crippen LogP contribution in [0.5, 0.6) is 0 Å². The molecule has 2 heterocycles. The van der Waals surface area contributed by atoms with Gasteiger partial charge in [0.15, 0.2) is 5.82 Å². The molecule has 0 amide bonds. The third-order valence-corrected chi connectivity index (χ3v) is 6.98. The molecule has 33 heavy (non-hydrogen) atoms. The largest absolute Gasteiger partial charge is 0.321 e. The Labute approximate surface area is 196 Å². The summed E-state index contributed by atoms with van der Waals surface area (Å²) in [6.45, 7) is 13.3. The number of aromatic amines is 1. The molecule has 1 saturated carbocycles. The van der Waals surface area contributed by atoms with Gasteiger partial charge in [-0.3, -0.25) is 9.69 Å². The molecule has 7 heteroatoms. The zero-order valence-electron chi connectivity index (χ0n) is 21.0. The molecule has 1 aromatic carbocycles. The second-order valence-corrected chi connectivity index (χ2v) is 10.7. The van der Waals surface area contributed by atoms with E-state index in [9.17, 15) is 4.79 Å². The summed E-state index contributed by atoms with van der Waals surface area (Å²) < 4.78 is 1.95. The highest BCUT2D eigenvalue weighted by molar-refractivity contribution is 5.82. The van der Waals surface area contributed by atoms with Crippen molar-refractivity contribution in [3.05, 3.63) is 51.1 Å². The molecule has 4 rings (SSSR count). The highest BCUT2D eigenvalue weighted by Crippen LogP contribution is 2.34. The predicted octanol–water partition coefficient (Wildman–Crippen LogP) is 5.17.